The molecule has 2 N–H and O–H groups in total. The first-order chi connectivity index (χ1) is 21.2. The molecule has 0 amide bonds. The summed E-state index contributed by atoms with van der Waals surface area (Å²) < 4.78 is 12.3. The Morgan fingerprint density at radius 1 is 0.409 bits per heavy atom. The average molecular weight is 643 g/mol. The van der Waals surface area contributed by atoms with E-state index in [1.807, 2.05) is 0 Å². The van der Waals surface area contributed by atoms with E-state index in [0.29, 0.717) is 12.8 Å². The minimum atomic E-state index is -4.88. The molecule has 0 radical (unpaired) electrons. The Balaban J connectivity index is 3.94. The van der Waals surface area contributed by atoms with Gasteiger partial charge < -0.3 is 9.79 Å². The van der Waals surface area contributed by atoms with E-state index in [4.69, 9.17) is 0 Å². The van der Waals surface area contributed by atoms with Crippen LogP contribution in [0.15, 0.2) is 0 Å². The minimum absolute atomic E-state index is 0.0739. The molecule has 0 aliphatic heterocycles. The molecule has 0 saturated heterocycles. The fourth-order valence-electron chi connectivity index (χ4n) is 6.28. The Labute approximate surface area is 274 Å². The first kappa shape index (κ1) is 43.5. The van der Waals surface area contributed by atoms with Crippen molar-refractivity contribution in [3.63, 3.8) is 0 Å². The van der Waals surface area contributed by atoms with E-state index in [1.54, 1.807) is 0 Å². The molecule has 0 unspecified atom stereocenters. The highest BCUT2D eigenvalue weighted by atomic mass is 31.2. The summed E-state index contributed by atoms with van der Waals surface area (Å²) in [5.74, 6) is -1.15. The highest BCUT2D eigenvalue weighted by Gasteiger charge is 2.53. The second-order valence-electron chi connectivity index (χ2n) is 13.9. The number of hydrogen-bond donors (Lipinski definition) is 2. The molecule has 0 bridgehead atoms. The molecular weight excluding hydrogens is 567 g/mol. The maximum Gasteiger partial charge on any atom is 0.346 e. The highest BCUT2D eigenvalue weighted by molar-refractivity contribution is 7.56. The van der Waals surface area contributed by atoms with Crippen LogP contribution in [0.25, 0.3) is 0 Å². The van der Waals surface area contributed by atoms with Crippen molar-refractivity contribution in [2.45, 2.75) is 231 Å². The van der Waals surface area contributed by atoms with E-state index < -0.39 is 24.3 Å². The van der Waals surface area contributed by atoms with Crippen LogP contribution in [0.4, 0.5) is 0 Å². The molecule has 0 aromatic carbocycles. The lowest BCUT2D eigenvalue weighted by atomic mass is 9.92. The fraction of sp³-hybridized carbons (Fsp3) is 0.947. The Hall–Kier alpha value is -0.510. The molecule has 0 aliphatic rings. The van der Waals surface area contributed by atoms with Gasteiger partial charge in [0, 0.05) is 12.8 Å². The van der Waals surface area contributed by atoms with Crippen molar-refractivity contribution in [1.82, 2.24) is 0 Å². The fourth-order valence-corrected chi connectivity index (χ4v) is 7.15. The van der Waals surface area contributed by atoms with Crippen molar-refractivity contribution in [3.05, 3.63) is 0 Å². The van der Waals surface area contributed by atoms with Crippen LogP contribution in [0.2, 0.25) is 0 Å². The Morgan fingerprint density at radius 3 is 0.773 bits per heavy atom. The van der Waals surface area contributed by atoms with E-state index in [2.05, 4.69) is 13.8 Å². The zero-order valence-electron chi connectivity index (χ0n) is 29.7. The van der Waals surface area contributed by atoms with Crippen molar-refractivity contribution in [2.24, 2.45) is 0 Å². The predicted octanol–water partition coefficient (Wildman–Crippen LogP) is 12.6. The Morgan fingerprint density at radius 2 is 0.591 bits per heavy atom. The standard InChI is InChI=1S/C38H75O5P/c1-4-6-8-10-12-14-16-18-20-22-24-26-28-30-32-34-36(39)38(3,44(41,42)43)37(40)35-33-31-29-27-25-23-21-19-17-15-13-11-9-7-5-2/h4-35H2,1-3H3,(H2,41,42,43). The minimum Gasteiger partial charge on any atom is -0.323 e. The second-order valence-corrected chi connectivity index (χ2v) is 15.8. The lowest BCUT2D eigenvalue weighted by molar-refractivity contribution is -0.131. The van der Waals surface area contributed by atoms with E-state index >= 15 is 0 Å². The molecule has 0 fully saturated rings. The summed E-state index contributed by atoms with van der Waals surface area (Å²) in [6, 6.07) is 0. The zero-order valence-corrected chi connectivity index (χ0v) is 30.6. The summed E-state index contributed by atoms with van der Waals surface area (Å²) in [5, 5.41) is -2.18. The quantitative estimate of drug-likeness (QED) is 0.0408. The molecule has 0 heterocycles. The van der Waals surface area contributed by atoms with Gasteiger partial charge in [-0.25, -0.2) is 0 Å². The summed E-state index contributed by atoms with van der Waals surface area (Å²) in [6.45, 7) is 5.70. The van der Waals surface area contributed by atoms with Crippen LogP contribution in [0.1, 0.15) is 226 Å². The largest absolute Gasteiger partial charge is 0.346 e. The third kappa shape index (κ3) is 22.9. The normalized spacial score (nSPS) is 12.2. The number of Topliss-reactive ketones (excluding diaryl/α,β-unsaturated/α-hetero) is 2. The number of hydrogen-bond acceptors (Lipinski definition) is 3. The predicted molar refractivity (Wildman–Crippen MR) is 190 cm³/mol. The zero-order chi connectivity index (χ0) is 32.8. The topological polar surface area (TPSA) is 91.7 Å². The van der Waals surface area contributed by atoms with Gasteiger partial charge in [-0.05, 0) is 19.8 Å². The van der Waals surface area contributed by atoms with Crippen LogP contribution in [0.5, 0.6) is 0 Å². The van der Waals surface area contributed by atoms with Gasteiger partial charge in [-0.2, -0.15) is 0 Å². The van der Waals surface area contributed by atoms with Crippen LogP contribution in [0, 0.1) is 0 Å². The van der Waals surface area contributed by atoms with Gasteiger partial charge in [-0.1, -0.05) is 194 Å². The third-order valence-corrected chi connectivity index (χ3v) is 11.3. The van der Waals surface area contributed by atoms with Gasteiger partial charge in [-0.15, -0.1) is 0 Å². The number of unbranched alkanes of at least 4 members (excludes halogenated alkanes) is 28. The summed E-state index contributed by atoms with van der Waals surface area (Å²) >= 11 is 0. The summed E-state index contributed by atoms with van der Waals surface area (Å²) in [4.78, 5) is 45.9. The monoisotopic (exact) mass is 643 g/mol. The molecule has 0 atom stereocenters. The molecule has 0 aromatic rings. The van der Waals surface area contributed by atoms with E-state index in [1.165, 1.54) is 148 Å². The van der Waals surface area contributed by atoms with Crippen molar-refractivity contribution in [2.75, 3.05) is 0 Å². The van der Waals surface area contributed by atoms with E-state index in [-0.39, 0.29) is 12.8 Å². The Bertz CT molecular complexity index is 670. The lowest BCUT2D eigenvalue weighted by Crippen LogP contribution is -2.43. The van der Waals surface area contributed by atoms with Crippen molar-refractivity contribution in [1.29, 1.82) is 0 Å². The van der Waals surface area contributed by atoms with Gasteiger partial charge >= 0.3 is 7.60 Å². The van der Waals surface area contributed by atoms with Crippen LogP contribution in [0.3, 0.4) is 0 Å². The van der Waals surface area contributed by atoms with Crippen molar-refractivity contribution < 1.29 is 23.9 Å². The van der Waals surface area contributed by atoms with Gasteiger partial charge in [0.25, 0.3) is 0 Å². The van der Waals surface area contributed by atoms with Gasteiger partial charge in [-0.3, -0.25) is 14.2 Å². The molecule has 6 heteroatoms. The van der Waals surface area contributed by atoms with E-state index in [0.717, 1.165) is 38.5 Å². The molecule has 0 aliphatic carbocycles. The Kier molecular flexibility index (Phi) is 29.5. The number of ketones is 2. The van der Waals surface area contributed by atoms with Crippen molar-refractivity contribution in [3.8, 4) is 0 Å². The summed E-state index contributed by atoms with van der Waals surface area (Å²) in [7, 11) is -4.88. The van der Waals surface area contributed by atoms with Gasteiger partial charge in [0.2, 0.25) is 0 Å². The maximum atomic E-state index is 12.9. The van der Waals surface area contributed by atoms with Gasteiger partial charge in [0.1, 0.15) is 0 Å². The maximum absolute atomic E-state index is 12.9. The molecular formula is C38H75O5P. The molecule has 44 heavy (non-hydrogen) atoms. The van der Waals surface area contributed by atoms with Crippen LogP contribution in [-0.4, -0.2) is 26.5 Å². The van der Waals surface area contributed by atoms with Crippen LogP contribution >= 0.6 is 7.60 Å². The highest BCUT2D eigenvalue weighted by Crippen LogP contribution is 2.52. The smallest absolute Gasteiger partial charge is 0.323 e. The molecule has 5 nitrogen and oxygen atoms in total. The van der Waals surface area contributed by atoms with Gasteiger partial charge in [0.05, 0.1) is 0 Å². The molecule has 262 valence electrons. The summed E-state index contributed by atoms with van der Waals surface area (Å²) in [5.41, 5.74) is 0. The first-order valence-corrected chi connectivity index (χ1v) is 20.9. The van der Waals surface area contributed by atoms with E-state index in [9.17, 15) is 23.9 Å². The third-order valence-electron chi connectivity index (χ3n) is 9.68. The van der Waals surface area contributed by atoms with Crippen LogP contribution < -0.4 is 0 Å². The number of carbonyl (C=O) groups is 2. The lowest BCUT2D eigenvalue weighted by Gasteiger charge is -2.27. The first-order valence-electron chi connectivity index (χ1n) is 19.3. The van der Waals surface area contributed by atoms with Crippen LogP contribution in [-0.2, 0) is 14.2 Å². The average Bonchev–Trinajstić information content (AvgIpc) is 2.99. The summed E-state index contributed by atoms with van der Waals surface area (Å²) in [6.07, 6.45) is 36.7. The van der Waals surface area contributed by atoms with Gasteiger partial charge in [0.15, 0.2) is 16.7 Å². The number of carbonyl (C=O) groups excluding carboxylic acids is 2. The molecule has 0 aromatic heterocycles. The SMILES string of the molecule is CCCCCCCCCCCCCCCCCC(=O)C(C)(C(=O)CCCCCCCCCCCCCCCCC)P(=O)(O)O. The number of rotatable bonds is 35. The molecule has 0 saturated carbocycles. The molecule has 0 rings (SSSR count). The second kappa shape index (κ2) is 29.9. The van der Waals surface area contributed by atoms with Crippen molar-refractivity contribution >= 4 is 19.2 Å². The molecule has 0 spiro atoms.